The van der Waals surface area contributed by atoms with Gasteiger partial charge in [-0.3, -0.25) is 0 Å². The Hall–Kier alpha value is -0.0800. The van der Waals surface area contributed by atoms with Crippen molar-refractivity contribution in [3.8, 4) is 0 Å². The van der Waals surface area contributed by atoms with Crippen molar-refractivity contribution in [2.24, 2.45) is 11.8 Å². The Morgan fingerprint density at radius 1 is 1.00 bits per heavy atom. The lowest BCUT2D eigenvalue weighted by molar-refractivity contribution is 0.118. The molecule has 0 amide bonds. The summed E-state index contributed by atoms with van der Waals surface area (Å²) in [6.07, 6.45) is 11.9. The molecule has 0 spiro atoms. The van der Waals surface area contributed by atoms with E-state index in [4.69, 9.17) is 0 Å². The predicted octanol–water partition coefficient (Wildman–Crippen LogP) is 3.05. The average molecular weight is 239 g/mol. The van der Waals surface area contributed by atoms with Crippen LogP contribution >= 0.6 is 0 Å². The summed E-state index contributed by atoms with van der Waals surface area (Å²) in [4.78, 5) is 2.50. The second-order valence-corrected chi connectivity index (χ2v) is 6.31. The van der Waals surface area contributed by atoms with Crippen LogP contribution in [0.25, 0.3) is 0 Å². The highest BCUT2D eigenvalue weighted by molar-refractivity contribution is 4.77. The van der Waals surface area contributed by atoms with Crippen LogP contribution in [0.2, 0.25) is 0 Å². The van der Waals surface area contributed by atoms with E-state index in [9.17, 15) is 5.11 Å². The van der Waals surface area contributed by atoms with Gasteiger partial charge in [-0.25, -0.2) is 0 Å². The second kappa shape index (κ2) is 6.75. The Kier molecular flexibility index (Phi) is 5.30. The van der Waals surface area contributed by atoms with Gasteiger partial charge in [0.05, 0.1) is 6.10 Å². The fourth-order valence-electron chi connectivity index (χ4n) is 3.64. The first kappa shape index (κ1) is 13.4. The summed E-state index contributed by atoms with van der Waals surface area (Å²) >= 11 is 0. The first-order chi connectivity index (χ1) is 8.25. The molecule has 1 N–H and O–H groups in total. The molecule has 2 aliphatic rings. The lowest BCUT2D eigenvalue weighted by Gasteiger charge is -2.28. The van der Waals surface area contributed by atoms with Gasteiger partial charge in [0.1, 0.15) is 0 Å². The maximum atomic E-state index is 9.80. The molecular formula is C15H29NO. The Balaban J connectivity index is 1.61. The average Bonchev–Trinajstić information content (AvgIpc) is 2.74. The van der Waals surface area contributed by atoms with Crippen molar-refractivity contribution < 1.29 is 5.11 Å². The number of nitrogens with zero attached hydrogens (tertiary/aromatic N) is 1. The molecule has 0 saturated heterocycles. The van der Waals surface area contributed by atoms with Gasteiger partial charge in [-0.05, 0) is 57.5 Å². The fourth-order valence-corrected chi connectivity index (χ4v) is 3.64. The largest absolute Gasteiger partial charge is 0.393 e. The minimum Gasteiger partial charge on any atom is -0.393 e. The van der Waals surface area contributed by atoms with E-state index in [0.717, 1.165) is 12.3 Å². The SMILES string of the molecule is CN(CCC1CCCC1O)CC1CCCCC1. The van der Waals surface area contributed by atoms with Gasteiger partial charge in [-0.2, -0.15) is 0 Å². The van der Waals surface area contributed by atoms with Crippen molar-refractivity contribution in [3.05, 3.63) is 0 Å². The quantitative estimate of drug-likeness (QED) is 0.797. The molecule has 2 unspecified atom stereocenters. The molecular weight excluding hydrogens is 210 g/mol. The normalized spacial score (nSPS) is 31.2. The molecule has 0 radical (unpaired) electrons. The van der Waals surface area contributed by atoms with Crippen LogP contribution < -0.4 is 0 Å². The fraction of sp³-hybridized carbons (Fsp3) is 1.00. The minimum absolute atomic E-state index is 0.00178. The van der Waals surface area contributed by atoms with Crippen molar-refractivity contribution in [2.75, 3.05) is 20.1 Å². The van der Waals surface area contributed by atoms with E-state index in [2.05, 4.69) is 11.9 Å². The number of aliphatic hydroxyl groups is 1. The van der Waals surface area contributed by atoms with Gasteiger partial charge >= 0.3 is 0 Å². The molecule has 0 aromatic heterocycles. The van der Waals surface area contributed by atoms with Gasteiger partial charge in [0.15, 0.2) is 0 Å². The van der Waals surface area contributed by atoms with Crippen molar-refractivity contribution in [1.82, 2.24) is 4.90 Å². The van der Waals surface area contributed by atoms with Gasteiger partial charge in [0.2, 0.25) is 0 Å². The summed E-state index contributed by atoms with van der Waals surface area (Å²) in [5.41, 5.74) is 0. The number of rotatable bonds is 5. The monoisotopic (exact) mass is 239 g/mol. The molecule has 2 heteroatoms. The third-order valence-corrected chi connectivity index (χ3v) is 4.80. The molecule has 17 heavy (non-hydrogen) atoms. The van der Waals surface area contributed by atoms with Crippen LogP contribution in [0.4, 0.5) is 0 Å². The van der Waals surface area contributed by atoms with Crippen LogP contribution in [0.3, 0.4) is 0 Å². The summed E-state index contributed by atoms with van der Waals surface area (Å²) in [6, 6.07) is 0. The first-order valence-corrected chi connectivity index (χ1v) is 7.62. The molecule has 2 fully saturated rings. The summed E-state index contributed by atoms with van der Waals surface area (Å²) in [5, 5.41) is 9.80. The number of hydrogen-bond donors (Lipinski definition) is 1. The van der Waals surface area contributed by atoms with Crippen molar-refractivity contribution in [3.63, 3.8) is 0 Å². The van der Waals surface area contributed by atoms with Crippen LogP contribution in [-0.2, 0) is 0 Å². The van der Waals surface area contributed by atoms with Crippen molar-refractivity contribution >= 4 is 0 Å². The van der Waals surface area contributed by atoms with Gasteiger partial charge in [0, 0.05) is 6.54 Å². The lowest BCUT2D eigenvalue weighted by Crippen LogP contribution is -2.30. The molecule has 2 atom stereocenters. The molecule has 2 rings (SSSR count). The zero-order chi connectivity index (χ0) is 12.1. The smallest absolute Gasteiger partial charge is 0.0568 e. The third kappa shape index (κ3) is 4.26. The minimum atomic E-state index is -0.00178. The summed E-state index contributed by atoms with van der Waals surface area (Å²) in [5.74, 6) is 1.53. The Labute approximate surface area is 106 Å². The van der Waals surface area contributed by atoms with Gasteiger partial charge in [-0.1, -0.05) is 25.7 Å². The summed E-state index contributed by atoms with van der Waals surface area (Å²) in [6.45, 7) is 2.46. The summed E-state index contributed by atoms with van der Waals surface area (Å²) in [7, 11) is 2.26. The highest BCUT2D eigenvalue weighted by atomic mass is 16.3. The van der Waals surface area contributed by atoms with E-state index >= 15 is 0 Å². The van der Waals surface area contributed by atoms with E-state index < -0.39 is 0 Å². The van der Waals surface area contributed by atoms with E-state index in [-0.39, 0.29) is 6.10 Å². The molecule has 0 aromatic carbocycles. The van der Waals surface area contributed by atoms with Gasteiger partial charge in [-0.15, -0.1) is 0 Å². The molecule has 0 aliphatic heterocycles. The van der Waals surface area contributed by atoms with E-state index in [1.807, 2.05) is 0 Å². The maximum absolute atomic E-state index is 9.80. The van der Waals surface area contributed by atoms with Crippen LogP contribution in [0.5, 0.6) is 0 Å². The third-order valence-electron chi connectivity index (χ3n) is 4.80. The molecule has 0 heterocycles. The van der Waals surface area contributed by atoms with E-state index in [1.165, 1.54) is 64.5 Å². The summed E-state index contributed by atoms with van der Waals surface area (Å²) < 4.78 is 0. The molecule has 100 valence electrons. The van der Waals surface area contributed by atoms with Crippen LogP contribution in [0.15, 0.2) is 0 Å². The van der Waals surface area contributed by atoms with Gasteiger partial charge < -0.3 is 10.0 Å². The standard InChI is InChI=1S/C15H29NO/c1-16(12-13-6-3-2-4-7-13)11-10-14-8-5-9-15(14)17/h13-15,17H,2-12H2,1H3. The second-order valence-electron chi connectivity index (χ2n) is 6.31. The van der Waals surface area contributed by atoms with Crippen LogP contribution in [-0.4, -0.2) is 36.2 Å². The topological polar surface area (TPSA) is 23.5 Å². The Morgan fingerprint density at radius 2 is 1.76 bits per heavy atom. The molecule has 0 bridgehead atoms. The van der Waals surface area contributed by atoms with Crippen molar-refractivity contribution in [2.45, 2.75) is 63.9 Å². The van der Waals surface area contributed by atoms with Crippen molar-refractivity contribution in [1.29, 1.82) is 0 Å². The lowest BCUT2D eigenvalue weighted by atomic mass is 9.89. The maximum Gasteiger partial charge on any atom is 0.0568 e. The zero-order valence-corrected chi connectivity index (χ0v) is 11.4. The Bertz CT molecular complexity index is 213. The van der Waals surface area contributed by atoms with Crippen LogP contribution in [0.1, 0.15) is 57.8 Å². The number of aliphatic hydroxyl groups excluding tert-OH is 1. The molecule has 2 nitrogen and oxygen atoms in total. The zero-order valence-electron chi connectivity index (χ0n) is 11.4. The highest BCUT2D eigenvalue weighted by Gasteiger charge is 2.25. The number of hydrogen-bond acceptors (Lipinski definition) is 2. The Morgan fingerprint density at radius 3 is 2.41 bits per heavy atom. The van der Waals surface area contributed by atoms with E-state index in [0.29, 0.717) is 5.92 Å². The molecule has 0 aromatic rings. The predicted molar refractivity (Wildman–Crippen MR) is 72.0 cm³/mol. The first-order valence-electron chi connectivity index (χ1n) is 7.62. The van der Waals surface area contributed by atoms with Gasteiger partial charge in [0.25, 0.3) is 0 Å². The molecule has 2 saturated carbocycles. The van der Waals surface area contributed by atoms with Crippen LogP contribution in [0, 0.1) is 11.8 Å². The van der Waals surface area contributed by atoms with E-state index in [1.54, 1.807) is 0 Å². The molecule has 2 aliphatic carbocycles. The highest BCUT2D eigenvalue weighted by Crippen LogP contribution is 2.29.